The lowest BCUT2D eigenvalue weighted by Crippen LogP contribution is -2.40. The summed E-state index contributed by atoms with van der Waals surface area (Å²) in [4.78, 5) is 19.2. The van der Waals surface area contributed by atoms with E-state index in [2.05, 4.69) is 16.6 Å². The molecule has 2 aromatic heterocycles. The predicted octanol–water partition coefficient (Wildman–Crippen LogP) is 2.67. The van der Waals surface area contributed by atoms with Gasteiger partial charge in [-0.25, -0.2) is 0 Å². The van der Waals surface area contributed by atoms with Gasteiger partial charge in [-0.15, -0.1) is 0 Å². The zero-order chi connectivity index (χ0) is 17.9. The van der Waals surface area contributed by atoms with Crippen molar-refractivity contribution in [3.63, 3.8) is 0 Å². The zero-order valence-corrected chi connectivity index (χ0v) is 15.4. The Bertz CT molecular complexity index is 772. The van der Waals surface area contributed by atoms with E-state index in [0.29, 0.717) is 13.0 Å². The number of carbonyl (C=O) groups is 1. The van der Waals surface area contributed by atoms with Crippen LogP contribution in [-0.4, -0.2) is 38.7 Å². The maximum Gasteiger partial charge on any atom is 0.227 e. The number of hydrogen-bond donors (Lipinski definition) is 0. The number of nitrogens with zero attached hydrogens (tertiary/aromatic N) is 4. The summed E-state index contributed by atoms with van der Waals surface area (Å²) < 4.78 is 7.81. The van der Waals surface area contributed by atoms with E-state index < -0.39 is 0 Å². The van der Waals surface area contributed by atoms with Gasteiger partial charge in [-0.1, -0.05) is 6.07 Å². The highest BCUT2D eigenvalue weighted by atomic mass is 16.5. The third kappa shape index (κ3) is 3.26. The molecular weight excluding hydrogens is 328 g/mol. The van der Waals surface area contributed by atoms with Crippen molar-refractivity contribution in [2.45, 2.75) is 58.2 Å². The van der Waals surface area contributed by atoms with Gasteiger partial charge in [0.05, 0.1) is 31.4 Å². The number of aryl methyl sites for hydroxylation is 1. The average Bonchev–Trinajstić information content (AvgIpc) is 3.07. The van der Waals surface area contributed by atoms with Gasteiger partial charge in [-0.05, 0) is 37.8 Å². The van der Waals surface area contributed by atoms with Crippen LogP contribution in [0.4, 0.5) is 0 Å². The van der Waals surface area contributed by atoms with Crippen LogP contribution in [0.3, 0.4) is 0 Å². The lowest BCUT2D eigenvalue weighted by molar-refractivity contribution is -0.134. The number of aromatic nitrogens is 3. The lowest BCUT2D eigenvalue weighted by Gasteiger charge is -2.35. The summed E-state index contributed by atoms with van der Waals surface area (Å²) >= 11 is 0. The van der Waals surface area contributed by atoms with Gasteiger partial charge in [0.15, 0.2) is 0 Å². The largest absolute Gasteiger partial charge is 0.376 e. The summed E-state index contributed by atoms with van der Waals surface area (Å²) in [5.41, 5.74) is 4.52. The van der Waals surface area contributed by atoms with Gasteiger partial charge in [0.1, 0.15) is 0 Å². The molecule has 4 rings (SSSR count). The van der Waals surface area contributed by atoms with Gasteiger partial charge >= 0.3 is 0 Å². The second kappa shape index (κ2) is 7.58. The van der Waals surface area contributed by atoms with E-state index in [1.807, 2.05) is 17.0 Å². The van der Waals surface area contributed by atoms with E-state index in [9.17, 15) is 4.79 Å². The molecule has 0 aliphatic carbocycles. The van der Waals surface area contributed by atoms with Crippen molar-refractivity contribution in [1.29, 1.82) is 0 Å². The molecule has 6 heteroatoms. The molecule has 6 nitrogen and oxygen atoms in total. The third-order valence-corrected chi connectivity index (χ3v) is 5.44. The van der Waals surface area contributed by atoms with Crippen LogP contribution in [0.2, 0.25) is 0 Å². The lowest BCUT2D eigenvalue weighted by atomic mass is 9.94. The Kier molecular flexibility index (Phi) is 5.02. The Morgan fingerprint density at radius 2 is 2.31 bits per heavy atom. The average molecular weight is 354 g/mol. The number of amides is 1. The molecule has 0 saturated carbocycles. The molecule has 0 N–H and O–H groups in total. The van der Waals surface area contributed by atoms with Gasteiger partial charge in [-0.2, -0.15) is 5.10 Å². The highest BCUT2D eigenvalue weighted by Crippen LogP contribution is 2.35. The third-order valence-electron chi connectivity index (χ3n) is 5.44. The monoisotopic (exact) mass is 354 g/mol. The number of rotatable bonds is 4. The molecule has 1 unspecified atom stereocenters. The molecule has 0 bridgehead atoms. The summed E-state index contributed by atoms with van der Waals surface area (Å²) in [6, 6.07) is 3.91. The first kappa shape index (κ1) is 17.2. The number of piperidine rings is 1. The van der Waals surface area contributed by atoms with E-state index in [1.54, 1.807) is 12.4 Å². The molecule has 1 atom stereocenters. The number of ether oxygens (including phenoxy) is 1. The zero-order valence-electron chi connectivity index (χ0n) is 15.4. The number of likely N-dealkylation sites (tertiary alicyclic amines) is 1. The Labute approximate surface area is 154 Å². The first-order chi connectivity index (χ1) is 12.8. The molecular formula is C20H26N4O2. The molecule has 1 amide bonds. The maximum atomic E-state index is 13.0. The molecule has 0 spiro atoms. The van der Waals surface area contributed by atoms with Crippen LogP contribution in [0.1, 0.15) is 54.7 Å². The molecule has 0 radical (unpaired) electrons. The summed E-state index contributed by atoms with van der Waals surface area (Å²) in [7, 11) is 0. The molecule has 1 fully saturated rings. The quantitative estimate of drug-likeness (QED) is 0.847. The normalized spacial score (nSPS) is 20.0. The smallest absolute Gasteiger partial charge is 0.227 e. The Morgan fingerprint density at radius 3 is 3.12 bits per heavy atom. The van der Waals surface area contributed by atoms with Crippen molar-refractivity contribution in [1.82, 2.24) is 19.7 Å². The second-order valence-electron chi connectivity index (χ2n) is 7.07. The van der Waals surface area contributed by atoms with E-state index >= 15 is 0 Å². The Balaban J connectivity index is 1.62. The van der Waals surface area contributed by atoms with Gasteiger partial charge in [0.2, 0.25) is 5.91 Å². The van der Waals surface area contributed by atoms with E-state index in [4.69, 9.17) is 9.84 Å². The van der Waals surface area contributed by atoms with Gasteiger partial charge in [0, 0.05) is 43.2 Å². The van der Waals surface area contributed by atoms with Crippen molar-refractivity contribution < 1.29 is 9.53 Å². The fourth-order valence-corrected chi connectivity index (χ4v) is 4.16. The number of hydrogen-bond acceptors (Lipinski definition) is 4. The van der Waals surface area contributed by atoms with Crippen molar-refractivity contribution in [3.8, 4) is 0 Å². The molecule has 1 saturated heterocycles. The molecule has 0 aromatic carbocycles. The molecule has 2 aliphatic heterocycles. The van der Waals surface area contributed by atoms with Crippen molar-refractivity contribution in [2.24, 2.45) is 0 Å². The predicted molar refractivity (Wildman–Crippen MR) is 97.5 cm³/mol. The van der Waals surface area contributed by atoms with E-state index in [-0.39, 0.29) is 11.9 Å². The topological polar surface area (TPSA) is 60.2 Å². The number of fused-ring (bicyclic) bond motifs is 1. The molecule has 4 heterocycles. The molecule has 2 aromatic rings. The van der Waals surface area contributed by atoms with E-state index in [1.165, 1.54) is 11.3 Å². The minimum Gasteiger partial charge on any atom is -0.376 e. The van der Waals surface area contributed by atoms with E-state index in [0.717, 1.165) is 56.6 Å². The Morgan fingerprint density at radius 1 is 1.38 bits per heavy atom. The molecule has 2 aliphatic rings. The van der Waals surface area contributed by atoms with Crippen LogP contribution in [0.5, 0.6) is 0 Å². The van der Waals surface area contributed by atoms with Crippen molar-refractivity contribution in [2.75, 3.05) is 13.2 Å². The van der Waals surface area contributed by atoms with Crippen LogP contribution in [0.15, 0.2) is 24.5 Å². The van der Waals surface area contributed by atoms with Crippen molar-refractivity contribution >= 4 is 5.91 Å². The highest BCUT2D eigenvalue weighted by Gasteiger charge is 2.33. The first-order valence-electron chi connectivity index (χ1n) is 9.62. The standard InChI is InChI=1S/C20H26N4O2/c1-2-24-17-8-11-26-14-16(17)20(22-24)18-7-3-4-10-23(18)19(25)12-15-6-5-9-21-13-15/h5-6,9,13,18H,2-4,7-8,10-12,14H2,1H3. The van der Waals surface area contributed by atoms with Crippen LogP contribution >= 0.6 is 0 Å². The summed E-state index contributed by atoms with van der Waals surface area (Å²) in [5.74, 6) is 0.166. The highest BCUT2D eigenvalue weighted by molar-refractivity contribution is 5.79. The molecule has 138 valence electrons. The van der Waals surface area contributed by atoms with Crippen LogP contribution < -0.4 is 0 Å². The maximum absolute atomic E-state index is 13.0. The summed E-state index contributed by atoms with van der Waals surface area (Å²) in [5, 5.41) is 4.90. The minimum absolute atomic E-state index is 0.0659. The van der Waals surface area contributed by atoms with Crippen molar-refractivity contribution in [3.05, 3.63) is 47.0 Å². The number of pyridine rings is 1. The first-order valence-corrected chi connectivity index (χ1v) is 9.62. The van der Waals surface area contributed by atoms with Gasteiger partial charge in [-0.3, -0.25) is 14.5 Å². The SMILES string of the molecule is CCn1nc(C2CCCCN2C(=O)Cc2cccnc2)c2c1CCOC2. The minimum atomic E-state index is 0.0659. The molecule has 26 heavy (non-hydrogen) atoms. The summed E-state index contributed by atoms with van der Waals surface area (Å²) in [6.07, 6.45) is 7.99. The van der Waals surface area contributed by atoms with Crippen LogP contribution in [-0.2, 0) is 35.5 Å². The Hall–Kier alpha value is -2.21. The van der Waals surface area contributed by atoms with Gasteiger partial charge < -0.3 is 9.64 Å². The fraction of sp³-hybridized carbons (Fsp3) is 0.550. The summed E-state index contributed by atoms with van der Waals surface area (Å²) in [6.45, 7) is 5.16. The van der Waals surface area contributed by atoms with Crippen LogP contribution in [0, 0.1) is 0 Å². The second-order valence-corrected chi connectivity index (χ2v) is 7.07. The van der Waals surface area contributed by atoms with Gasteiger partial charge in [0.25, 0.3) is 0 Å². The fourth-order valence-electron chi connectivity index (χ4n) is 4.16. The van der Waals surface area contributed by atoms with Crippen LogP contribution in [0.25, 0.3) is 0 Å². The number of carbonyl (C=O) groups excluding carboxylic acids is 1.